The average Bonchev–Trinajstić information content (AvgIpc) is 2.91. The number of carbonyl (C=O) groups excluding carboxylic acids is 2. The van der Waals surface area contributed by atoms with E-state index in [1.54, 1.807) is 27.7 Å². The van der Waals surface area contributed by atoms with Crippen LogP contribution in [0.1, 0.15) is 58.1 Å². The molecule has 39 heavy (non-hydrogen) atoms. The van der Waals surface area contributed by atoms with Crippen LogP contribution in [0.25, 0.3) is 0 Å². The van der Waals surface area contributed by atoms with E-state index in [9.17, 15) is 18.4 Å². The maximum absolute atomic E-state index is 14.6. The normalized spacial score (nSPS) is 22.3. The third-order valence-corrected chi connectivity index (χ3v) is 6.61. The molecule has 1 aliphatic heterocycles. The Bertz CT molecular complexity index is 1090. The number of ether oxygens (including phenoxy) is 4. The summed E-state index contributed by atoms with van der Waals surface area (Å²) in [6.45, 7) is 7.08. The molecule has 0 bridgehead atoms. The zero-order valence-electron chi connectivity index (χ0n) is 23.3. The molecule has 1 amide bonds. The Morgan fingerprint density at radius 1 is 1.10 bits per heavy atom. The van der Waals surface area contributed by atoms with Gasteiger partial charge in [0.05, 0.1) is 12.7 Å². The lowest BCUT2D eigenvalue weighted by Gasteiger charge is -2.33. The van der Waals surface area contributed by atoms with Gasteiger partial charge in [0.1, 0.15) is 36.1 Å². The third kappa shape index (κ3) is 9.00. The molecule has 2 aromatic carbocycles. The molecular formula is C30H39F2NO6. The van der Waals surface area contributed by atoms with E-state index in [2.05, 4.69) is 0 Å². The van der Waals surface area contributed by atoms with Crippen molar-refractivity contribution in [2.75, 3.05) is 13.8 Å². The SMILES string of the molecule is COCN(C(=O)OC(C)(C)C)[C@H]1CCC[C@H](Cc2ccc(F)cc2F)[C@@H](OCc2ccccc2)[C@H](C)OC1=O. The minimum absolute atomic E-state index is 0.152. The molecule has 2 aromatic rings. The summed E-state index contributed by atoms with van der Waals surface area (Å²) in [7, 11) is 1.43. The highest BCUT2D eigenvalue weighted by atomic mass is 19.1. The molecule has 0 radical (unpaired) electrons. The van der Waals surface area contributed by atoms with Gasteiger partial charge < -0.3 is 18.9 Å². The summed E-state index contributed by atoms with van der Waals surface area (Å²) in [6.07, 6.45) is -0.321. The van der Waals surface area contributed by atoms with Gasteiger partial charge in [0.2, 0.25) is 0 Å². The number of cyclic esters (lactones) is 1. The molecule has 1 fully saturated rings. The maximum atomic E-state index is 14.6. The van der Waals surface area contributed by atoms with E-state index in [1.165, 1.54) is 24.1 Å². The van der Waals surface area contributed by atoms with E-state index >= 15 is 0 Å². The second-order valence-corrected chi connectivity index (χ2v) is 10.9. The van der Waals surface area contributed by atoms with Crippen molar-refractivity contribution < 1.29 is 37.3 Å². The zero-order chi connectivity index (χ0) is 28.6. The monoisotopic (exact) mass is 547 g/mol. The molecular weight excluding hydrogens is 508 g/mol. The van der Waals surface area contributed by atoms with Crippen LogP contribution in [-0.2, 0) is 36.8 Å². The number of nitrogens with zero attached hydrogens (tertiary/aromatic N) is 1. The first-order valence-electron chi connectivity index (χ1n) is 13.3. The van der Waals surface area contributed by atoms with Crippen LogP contribution in [0.4, 0.5) is 13.6 Å². The summed E-state index contributed by atoms with van der Waals surface area (Å²) in [4.78, 5) is 27.6. The molecule has 1 heterocycles. The Hall–Kier alpha value is -3.04. The number of hydrogen-bond acceptors (Lipinski definition) is 6. The van der Waals surface area contributed by atoms with E-state index in [4.69, 9.17) is 18.9 Å². The van der Waals surface area contributed by atoms with E-state index in [-0.39, 0.29) is 25.7 Å². The largest absolute Gasteiger partial charge is 0.458 e. The number of esters is 1. The first-order valence-corrected chi connectivity index (χ1v) is 13.3. The predicted molar refractivity (Wildman–Crippen MR) is 142 cm³/mol. The first-order chi connectivity index (χ1) is 18.5. The van der Waals surface area contributed by atoms with Crippen LogP contribution < -0.4 is 0 Å². The molecule has 0 N–H and O–H groups in total. The number of amides is 1. The molecule has 0 unspecified atom stereocenters. The highest BCUT2D eigenvalue weighted by Gasteiger charge is 2.39. The van der Waals surface area contributed by atoms with Crippen LogP contribution in [0.5, 0.6) is 0 Å². The summed E-state index contributed by atoms with van der Waals surface area (Å²) < 4.78 is 51.2. The molecule has 3 rings (SSSR count). The summed E-state index contributed by atoms with van der Waals surface area (Å²) in [5.74, 6) is -2.11. The van der Waals surface area contributed by atoms with Crippen molar-refractivity contribution in [3.05, 3.63) is 71.3 Å². The van der Waals surface area contributed by atoms with Crippen LogP contribution in [0.3, 0.4) is 0 Å². The summed E-state index contributed by atoms with van der Waals surface area (Å²) in [5.41, 5.74) is 0.537. The van der Waals surface area contributed by atoms with Gasteiger partial charge in [-0.2, -0.15) is 0 Å². The molecule has 9 heteroatoms. The van der Waals surface area contributed by atoms with E-state index in [1.807, 2.05) is 30.3 Å². The molecule has 0 saturated carbocycles. The maximum Gasteiger partial charge on any atom is 0.412 e. The van der Waals surface area contributed by atoms with Crippen molar-refractivity contribution in [3.8, 4) is 0 Å². The Morgan fingerprint density at radius 2 is 1.82 bits per heavy atom. The van der Waals surface area contributed by atoms with Gasteiger partial charge >= 0.3 is 12.1 Å². The molecule has 214 valence electrons. The van der Waals surface area contributed by atoms with Crippen molar-refractivity contribution >= 4 is 12.1 Å². The molecule has 0 spiro atoms. The van der Waals surface area contributed by atoms with Crippen LogP contribution in [0, 0.1) is 17.6 Å². The second-order valence-electron chi connectivity index (χ2n) is 10.9. The van der Waals surface area contributed by atoms with Crippen LogP contribution >= 0.6 is 0 Å². The highest BCUT2D eigenvalue weighted by molar-refractivity contribution is 5.81. The number of hydrogen-bond donors (Lipinski definition) is 0. The number of benzene rings is 2. The van der Waals surface area contributed by atoms with Gasteiger partial charge in [0, 0.05) is 13.2 Å². The van der Waals surface area contributed by atoms with Gasteiger partial charge in [-0.15, -0.1) is 0 Å². The fourth-order valence-corrected chi connectivity index (χ4v) is 4.81. The Morgan fingerprint density at radius 3 is 2.46 bits per heavy atom. The first kappa shape index (κ1) is 30.5. The van der Waals surface area contributed by atoms with Crippen molar-refractivity contribution in [3.63, 3.8) is 0 Å². The lowest BCUT2D eigenvalue weighted by Crippen LogP contribution is -2.49. The second kappa shape index (κ2) is 13.8. The molecule has 7 nitrogen and oxygen atoms in total. The van der Waals surface area contributed by atoms with Gasteiger partial charge in [-0.1, -0.05) is 42.8 Å². The smallest absolute Gasteiger partial charge is 0.412 e. The van der Waals surface area contributed by atoms with Crippen LogP contribution in [-0.4, -0.2) is 54.7 Å². The number of carbonyl (C=O) groups is 2. The summed E-state index contributed by atoms with van der Waals surface area (Å²) in [5, 5.41) is 0. The van der Waals surface area contributed by atoms with Crippen molar-refractivity contribution in [1.29, 1.82) is 0 Å². The van der Waals surface area contributed by atoms with Crippen LogP contribution in [0.2, 0.25) is 0 Å². The number of rotatable bonds is 8. The quantitative estimate of drug-likeness (QED) is 0.297. The molecule has 0 aromatic heterocycles. The lowest BCUT2D eigenvalue weighted by molar-refractivity contribution is -0.166. The Labute approximate surface area is 229 Å². The standard InChI is InChI=1S/C30H39F2NO6/c1-20-27(37-18-21-10-7-6-8-11-21)23(16-22-14-15-24(31)17-25(22)32)12-9-13-26(28(34)38-20)33(19-36-5)29(35)39-30(2,3)4/h6-8,10-11,14-15,17,20,23,26-27H,9,12-13,16,18-19H2,1-5H3/t20-,23+,26-,27-/m0/s1. The van der Waals surface area contributed by atoms with Crippen molar-refractivity contribution in [1.82, 2.24) is 4.90 Å². The Balaban J connectivity index is 1.88. The van der Waals surface area contributed by atoms with Gasteiger partial charge in [0.15, 0.2) is 0 Å². The highest BCUT2D eigenvalue weighted by Crippen LogP contribution is 2.30. The van der Waals surface area contributed by atoms with Gasteiger partial charge in [-0.05, 0) is 70.1 Å². The Kier molecular flexibility index (Phi) is 10.8. The minimum atomic E-state index is -0.932. The van der Waals surface area contributed by atoms with Crippen molar-refractivity contribution in [2.24, 2.45) is 5.92 Å². The zero-order valence-corrected chi connectivity index (χ0v) is 23.3. The fourth-order valence-electron chi connectivity index (χ4n) is 4.81. The molecule has 1 saturated heterocycles. The summed E-state index contributed by atoms with van der Waals surface area (Å²) >= 11 is 0. The fraction of sp³-hybridized carbons (Fsp3) is 0.533. The lowest BCUT2D eigenvalue weighted by atomic mass is 9.86. The van der Waals surface area contributed by atoms with Crippen molar-refractivity contribution in [2.45, 2.75) is 83.8 Å². The van der Waals surface area contributed by atoms with E-state index in [0.717, 1.165) is 11.6 Å². The minimum Gasteiger partial charge on any atom is -0.458 e. The van der Waals surface area contributed by atoms with Gasteiger partial charge in [-0.25, -0.2) is 18.4 Å². The van der Waals surface area contributed by atoms with Crippen LogP contribution in [0.15, 0.2) is 48.5 Å². The average molecular weight is 548 g/mol. The topological polar surface area (TPSA) is 74.3 Å². The molecule has 1 aliphatic rings. The summed E-state index contributed by atoms with van der Waals surface area (Å²) in [6, 6.07) is 12.2. The molecule has 4 atom stereocenters. The molecule has 0 aliphatic carbocycles. The predicted octanol–water partition coefficient (Wildman–Crippen LogP) is 6.03. The third-order valence-electron chi connectivity index (χ3n) is 6.61. The van der Waals surface area contributed by atoms with Gasteiger partial charge in [-0.3, -0.25) is 4.90 Å². The van der Waals surface area contributed by atoms with E-state index in [0.29, 0.717) is 24.8 Å². The number of methoxy groups -OCH3 is 1. The van der Waals surface area contributed by atoms with Gasteiger partial charge in [0.25, 0.3) is 0 Å². The number of halogens is 2. The van der Waals surface area contributed by atoms with E-state index < -0.39 is 47.5 Å².